The minimum absolute atomic E-state index is 0.126. The van der Waals surface area contributed by atoms with E-state index >= 15 is 0 Å². The van der Waals surface area contributed by atoms with E-state index in [9.17, 15) is 35.1 Å². The SMILES string of the molecule is CCCCC/C=C\C/C=C\CCCCCCCCCCCCCCCCCCCC(=O)OC1C(OCC(NC(=O)C(O)CCCCCCCCCCCCCCCC/C=C\C/C=C\CCCCC)C(O)/C=C/CCCCCCCCCCCC)OC(CO)C(O)C1O. The second-order valence-electron chi connectivity index (χ2n) is 27.4. The van der Waals surface area contributed by atoms with Crippen molar-refractivity contribution in [3.63, 3.8) is 0 Å². The van der Waals surface area contributed by atoms with Gasteiger partial charge in [-0.2, -0.15) is 0 Å². The number of rotatable bonds is 69. The van der Waals surface area contributed by atoms with Gasteiger partial charge in [0.15, 0.2) is 12.4 Å². The van der Waals surface area contributed by atoms with Gasteiger partial charge in [0.1, 0.15) is 24.4 Å². The van der Waals surface area contributed by atoms with Gasteiger partial charge in [0.2, 0.25) is 5.91 Å². The number of amides is 1. The Kier molecular flexibility index (Phi) is 64.9. The van der Waals surface area contributed by atoms with E-state index in [0.29, 0.717) is 19.3 Å². The summed E-state index contributed by atoms with van der Waals surface area (Å²) in [5.74, 6) is -1.18. The Morgan fingerprint density at radius 3 is 1.13 bits per heavy atom. The number of ether oxygens (including phenoxy) is 3. The summed E-state index contributed by atoms with van der Waals surface area (Å²) in [6.07, 6.45) is 78.5. The topological polar surface area (TPSA) is 175 Å². The number of esters is 1. The molecule has 538 valence electrons. The lowest BCUT2D eigenvalue weighted by Gasteiger charge is -2.41. The first kappa shape index (κ1) is 87.4. The van der Waals surface area contributed by atoms with Crippen LogP contribution in [0.3, 0.4) is 0 Å². The van der Waals surface area contributed by atoms with Gasteiger partial charge < -0.3 is 45.1 Å². The van der Waals surface area contributed by atoms with E-state index in [2.05, 4.69) is 74.7 Å². The Morgan fingerprint density at radius 1 is 0.424 bits per heavy atom. The van der Waals surface area contributed by atoms with Crippen LogP contribution in [-0.4, -0.2) is 99.6 Å². The summed E-state index contributed by atoms with van der Waals surface area (Å²) in [6.45, 7) is 5.80. The molecule has 1 heterocycles. The molecular formula is C81H149NO10. The van der Waals surface area contributed by atoms with Crippen LogP contribution in [0.2, 0.25) is 0 Å². The first-order chi connectivity index (χ1) is 45.2. The largest absolute Gasteiger partial charge is 0.454 e. The first-order valence-corrected chi connectivity index (χ1v) is 39.6. The number of hydrogen-bond acceptors (Lipinski definition) is 10. The van der Waals surface area contributed by atoms with Crippen molar-refractivity contribution in [2.75, 3.05) is 13.2 Å². The molecule has 0 aromatic carbocycles. The zero-order chi connectivity index (χ0) is 66.7. The number of nitrogens with one attached hydrogen (secondary N) is 1. The van der Waals surface area contributed by atoms with Crippen LogP contribution in [0.1, 0.15) is 380 Å². The Labute approximate surface area is 567 Å². The molecule has 0 spiro atoms. The van der Waals surface area contributed by atoms with Gasteiger partial charge in [-0.05, 0) is 89.9 Å². The minimum atomic E-state index is -1.61. The minimum Gasteiger partial charge on any atom is -0.454 e. The zero-order valence-electron chi connectivity index (χ0n) is 60.2. The van der Waals surface area contributed by atoms with E-state index in [1.54, 1.807) is 6.08 Å². The molecule has 11 heteroatoms. The van der Waals surface area contributed by atoms with Gasteiger partial charge in [0, 0.05) is 6.42 Å². The number of aliphatic hydroxyl groups is 5. The van der Waals surface area contributed by atoms with Crippen molar-refractivity contribution in [3.05, 3.63) is 60.8 Å². The highest BCUT2D eigenvalue weighted by Gasteiger charge is 2.47. The third kappa shape index (κ3) is 54.5. The summed E-state index contributed by atoms with van der Waals surface area (Å²) in [5, 5.41) is 57.4. The molecule has 0 bridgehead atoms. The van der Waals surface area contributed by atoms with E-state index in [-0.39, 0.29) is 13.0 Å². The standard InChI is InChI=1S/C81H149NO10/c1-4-7-10-13-16-19-22-25-27-29-31-33-35-37-38-39-41-43-45-47-49-51-54-57-60-63-66-69-76(86)92-79-78(88)77(87)75(70-83)91-81(79)90-71-72(73(84)67-64-61-58-55-52-24-21-18-15-12-9-6-3)82-80(89)74(85)68-65-62-59-56-53-50-48-46-44-42-40-36-34-32-30-28-26-23-20-17-14-11-8-5-2/h16-17,19-20,25-28,64,67,72-75,77-79,81,83-85,87-88H,4-15,18,21-24,29-63,65-66,68-71H2,1-3H3,(H,82,89)/b19-16-,20-17-,27-25-,28-26-,67-64+. The van der Waals surface area contributed by atoms with Crippen molar-refractivity contribution >= 4 is 11.9 Å². The van der Waals surface area contributed by atoms with Gasteiger partial charge in [-0.25, -0.2) is 0 Å². The van der Waals surface area contributed by atoms with E-state index in [4.69, 9.17) is 14.2 Å². The van der Waals surface area contributed by atoms with Crippen molar-refractivity contribution in [2.45, 2.75) is 429 Å². The van der Waals surface area contributed by atoms with Crippen LogP contribution in [0.15, 0.2) is 60.8 Å². The van der Waals surface area contributed by atoms with Crippen molar-refractivity contribution in [1.82, 2.24) is 5.32 Å². The molecule has 1 aliphatic rings. The van der Waals surface area contributed by atoms with Gasteiger partial charge >= 0.3 is 5.97 Å². The molecule has 1 rings (SSSR count). The van der Waals surface area contributed by atoms with Crippen molar-refractivity contribution in [3.8, 4) is 0 Å². The monoisotopic (exact) mass is 1300 g/mol. The summed E-state index contributed by atoms with van der Waals surface area (Å²) in [7, 11) is 0. The maximum atomic E-state index is 13.5. The number of allylic oxidation sites excluding steroid dienone is 9. The third-order valence-corrected chi connectivity index (χ3v) is 18.6. The molecule has 1 aliphatic heterocycles. The predicted octanol–water partition coefficient (Wildman–Crippen LogP) is 21.2. The van der Waals surface area contributed by atoms with Crippen molar-refractivity contribution in [1.29, 1.82) is 0 Å². The Morgan fingerprint density at radius 2 is 0.750 bits per heavy atom. The molecule has 0 aliphatic carbocycles. The molecule has 92 heavy (non-hydrogen) atoms. The smallest absolute Gasteiger partial charge is 0.306 e. The summed E-state index contributed by atoms with van der Waals surface area (Å²) >= 11 is 0. The summed E-state index contributed by atoms with van der Waals surface area (Å²) in [5.41, 5.74) is 0. The highest BCUT2D eigenvalue weighted by atomic mass is 16.7. The van der Waals surface area contributed by atoms with Crippen LogP contribution < -0.4 is 5.32 Å². The van der Waals surface area contributed by atoms with Crippen LogP contribution in [-0.2, 0) is 23.8 Å². The molecular weight excluding hydrogens is 1150 g/mol. The number of unbranched alkanes of at least 4 members (excludes halogenated alkanes) is 47. The highest BCUT2D eigenvalue weighted by Crippen LogP contribution is 2.27. The molecule has 0 radical (unpaired) electrons. The Bertz CT molecular complexity index is 1730. The first-order valence-electron chi connectivity index (χ1n) is 39.6. The lowest BCUT2D eigenvalue weighted by Crippen LogP contribution is -2.61. The normalized spacial score (nSPS) is 18.2. The Balaban J connectivity index is 2.49. The fraction of sp³-hybridized carbons (Fsp3) is 0.852. The zero-order valence-corrected chi connectivity index (χ0v) is 60.2. The molecule has 0 saturated carbocycles. The maximum absolute atomic E-state index is 13.5. The maximum Gasteiger partial charge on any atom is 0.306 e. The molecule has 6 N–H and O–H groups in total. The van der Waals surface area contributed by atoms with E-state index in [0.717, 1.165) is 70.6 Å². The van der Waals surface area contributed by atoms with Crippen LogP contribution in [0.5, 0.6) is 0 Å². The van der Waals surface area contributed by atoms with E-state index in [1.165, 1.54) is 263 Å². The molecule has 0 aromatic rings. The average Bonchev–Trinajstić information content (AvgIpc) is 0.875. The van der Waals surface area contributed by atoms with Gasteiger partial charge in [-0.1, -0.05) is 345 Å². The number of carbonyl (C=O) groups excluding carboxylic acids is 2. The molecule has 8 atom stereocenters. The quantitative estimate of drug-likeness (QED) is 0.0195. The number of carbonyl (C=O) groups is 2. The van der Waals surface area contributed by atoms with Gasteiger partial charge in [0.05, 0.1) is 25.4 Å². The highest BCUT2D eigenvalue weighted by molar-refractivity contribution is 5.80. The second kappa shape index (κ2) is 68.3. The summed E-state index contributed by atoms with van der Waals surface area (Å²) in [6, 6.07) is -1.02. The van der Waals surface area contributed by atoms with E-state index < -0.39 is 67.4 Å². The Hall–Kier alpha value is -2.64. The van der Waals surface area contributed by atoms with Crippen molar-refractivity contribution < 1.29 is 49.3 Å². The van der Waals surface area contributed by atoms with Crippen LogP contribution in [0, 0.1) is 0 Å². The van der Waals surface area contributed by atoms with Gasteiger partial charge in [0.25, 0.3) is 0 Å². The third-order valence-electron chi connectivity index (χ3n) is 18.6. The predicted molar refractivity (Wildman–Crippen MR) is 389 cm³/mol. The molecule has 8 unspecified atom stereocenters. The molecule has 1 saturated heterocycles. The number of hydrogen-bond donors (Lipinski definition) is 6. The van der Waals surface area contributed by atoms with Crippen LogP contribution in [0.25, 0.3) is 0 Å². The fourth-order valence-corrected chi connectivity index (χ4v) is 12.4. The van der Waals surface area contributed by atoms with E-state index in [1.807, 2.05) is 6.08 Å². The molecule has 11 nitrogen and oxygen atoms in total. The van der Waals surface area contributed by atoms with Crippen LogP contribution in [0.4, 0.5) is 0 Å². The summed E-state index contributed by atoms with van der Waals surface area (Å²) in [4.78, 5) is 26.8. The lowest BCUT2D eigenvalue weighted by molar-refractivity contribution is -0.305. The summed E-state index contributed by atoms with van der Waals surface area (Å²) < 4.78 is 17.8. The van der Waals surface area contributed by atoms with Gasteiger partial charge in [-0.3, -0.25) is 9.59 Å². The van der Waals surface area contributed by atoms with Crippen molar-refractivity contribution in [2.24, 2.45) is 0 Å². The number of aliphatic hydroxyl groups excluding tert-OH is 5. The molecule has 0 aromatic heterocycles. The van der Waals surface area contributed by atoms with Crippen LogP contribution >= 0.6 is 0 Å². The second-order valence-corrected chi connectivity index (χ2v) is 27.4. The average molecular weight is 1300 g/mol. The molecule has 1 amide bonds. The fourth-order valence-electron chi connectivity index (χ4n) is 12.4. The molecule has 1 fully saturated rings. The van der Waals surface area contributed by atoms with Gasteiger partial charge in [-0.15, -0.1) is 0 Å². The lowest BCUT2D eigenvalue weighted by atomic mass is 9.99.